The molecule has 0 aliphatic heterocycles. The first-order valence-electron chi connectivity index (χ1n) is 6.24. The molecular formula is C13H15ClN2O3. The number of halogens is 1. The van der Waals surface area contributed by atoms with E-state index in [4.69, 9.17) is 11.6 Å². The van der Waals surface area contributed by atoms with Crippen LogP contribution in [0.5, 0.6) is 0 Å². The number of nitro groups is 1. The predicted molar refractivity (Wildman–Crippen MR) is 72.4 cm³/mol. The zero-order valence-electron chi connectivity index (χ0n) is 10.3. The lowest BCUT2D eigenvalue weighted by Crippen LogP contribution is -2.31. The molecule has 0 heterocycles. The molecule has 2 rings (SSSR count). The van der Waals surface area contributed by atoms with Crippen molar-refractivity contribution in [1.29, 1.82) is 0 Å². The van der Waals surface area contributed by atoms with Crippen molar-refractivity contribution in [3.63, 3.8) is 0 Å². The largest absolute Gasteiger partial charge is 0.352 e. The van der Waals surface area contributed by atoms with Crippen LogP contribution < -0.4 is 5.32 Å². The fourth-order valence-corrected chi connectivity index (χ4v) is 2.65. The van der Waals surface area contributed by atoms with Crippen LogP contribution in [0, 0.1) is 16.0 Å². The highest BCUT2D eigenvalue weighted by Gasteiger charge is 2.25. The summed E-state index contributed by atoms with van der Waals surface area (Å²) in [5.41, 5.74) is 0.405. The second-order valence-electron chi connectivity index (χ2n) is 4.72. The summed E-state index contributed by atoms with van der Waals surface area (Å²) in [5, 5.41) is 13.5. The maximum Gasteiger partial charge on any atom is 0.269 e. The molecule has 0 aromatic heterocycles. The summed E-state index contributed by atoms with van der Waals surface area (Å²) in [6.07, 6.45) is 3.14. The average molecular weight is 283 g/mol. The lowest BCUT2D eigenvalue weighted by atomic mass is 10.1. The Morgan fingerprint density at radius 3 is 2.58 bits per heavy atom. The van der Waals surface area contributed by atoms with Crippen molar-refractivity contribution < 1.29 is 9.72 Å². The molecule has 0 bridgehead atoms. The van der Waals surface area contributed by atoms with Gasteiger partial charge in [0.15, 0.2) is 0 Å². The van der Waals surface area contributed by atoms with E-state index in [1.54, 1.807) is 0 Å². The average Bonchev–Trinajstić information content (AvgIpc) is 2.81. The van der Waals surface area contributed by atoms with Gasteiger partial charge >= 0.3 is 0 Å². The van der Waals surface area contributed by atoms with Gasteiger partial charge in [-0.3, -0.25) is 14.9 Å². The number of alkyl halides is 1. The van der Waals surface area contributed by atoms with Gasteiger partial charge in [0.05, 0.1) is 4.92 Å². The molecule has 1 aliphatic rings. The Morgan fingerprint density at radius 1 is 1.37 bits per heavy atom. The number of carbonyl (C=O) groups excluding carboxylic acids is 1. The highest BCUT2D eigenvalue weighted by molar-refractivity contribution is 6.21. The predicted octanol–water partition coefficient (Wildman–Crippen LogP) is 2.73. The number of carbonyl (C=O) groups is 1. The van der Waals surface area contributed by atoms with Crippen molar-refractivity contribution in [2.24, 2.45) is 5.92 Å². The minimum atomic E-state index is -0.488. The van der Waals surface area contributed by atoms with Gasteiger partial charge in [-0.05, 0) is 30.9 Å². The molecule has 2 unspecified atom stereocenters. The maximum atomic E-state index is 11.9. The molecule has 1 aliphatic carbocycles. The van der Waals surface area contributed by atoms with Crippen molar-refractivity contribution in [3.8, 4) is 0 Å². The number of amides is 1. The molecule has 5 nitrogen and oxygen atoms in total. The van der Waals surface area contributed by atoms with Crippen LogP contribution in [0.1, 0.15) is 29.6 Å². The molecule has 1 fully saturated rings. The maximum absolute atomic E-state index is 11.9. The third-order valence-electron chi connectivity index (χ3n) is 3.43. The number of hydrogen-bond acceptors (Lipinski definition) is 3. The van der Waals surface area contributed by atoms with Gasteiger partial charge in [-0.25, -0.2) is 0 Å². The zero-order chi connectivity index (χ0) is 13.8. The number of nitrogens with one attached hydrogen (secondary N) is 1. The van der Waals surface area contributed by atoms with Crippen LogP contribution in [0.4, 0.5) is 5.69 Å². The summed E-state index contributed by atoms with van der Waals surface area (Å²) >= 11 is 6.14. The summed E-state index contributed by atoms with van der Waals surface area (Å²) in [6.45, 7) is 0.560. The van der Waals surface area contributed by atoms with Gasteiger partial charge in [0.2, 0.25) is 0 Å². The Balaban J connectivity index is 1.90. The van der Waals surface area contributed by atoms with Gasteiger partial charge in [-0.1, -0.05) is 6.42 Å². The van der Waals surface area contributed by atoms with E-state index in [9.17, 15) is 14.9 Å². The minimum absolute atomic E-state index is 0.0202. The quantitative estimate of drug-likeness (QED) is 0.524. The van der Waals surface area contributed by atoms with Crippen molar-refractivity contribution in [2.45, 2.75) is 24.6 Å². The Kier molecular flexibility index (Phi) is 4.37. The monoisotopic (exact) mass is 282 g/mol. The zero-order valence-corrected chi connectivity index (χ0v) is 11.1. The van der Waals surface area contributed by atoms with E-state index in [1.165, 1.54) is 24.3 Å². The number of benzene rings is 1. The Bertz CT molecular complexity index is 475. The summed E-state index contributed by atoms with van der Waals surface area (Å²) in [6, 6.07) is 5.57. The molecule has 0 radical (unpaired) electrons. The molecule has 1 aromatic rings. The molecule has 1 N–H and O–H groups in total. The van der Waals surface area contributed by atoms with E-state index in [2.05, 4.69) is 5.32 Å². The number of non-ortho nitro benzene ring substituents is 1. The number of nitrogens with zero attached hydrogens (tertiary/aromatic N) is 1. The summed E-state index contributed by atoms with van der Waals surface area (Å²) in [5.74, 6) is 0.106. The first kappa shape index (κ1) is 13.8. The normalized spacial score (nSPS) is 22.2. The fraction of sp³-hybridized carbons (Fsp3) is 0.462. The minimum Gasteiger partial charge on any atom is -0.352 e. The van der Waals surface area contributed by atoms with E-state index in [1.807, 2.05) is 0 Å². The molecule has 6 heteroatoms. The highest BCUT2D eigenvalue weighted by atomic mass is 35.5. The number of rotatable bonds is 4. The lowest BCUT2D eigenvalue weighted by Gasteiger charge is -2.14. The second kappa shape index (κ2) is 6.02. The first-order valence-corrected chi connectivity index (χ1v) is 6.68. The van der Waals surface area contributed by atoms with Gasteiger partial charge < -0.3 is 5.32 Å². The van der Waals surface area contributed by atoms with Crippen molar-refractivity contribution >= 4 is 23.2 Å². The summed E-state index contributed by atoms with van der Waals surface area (Å²) in [7, 11) is 0. The summed E-state index contributed by atoms with van der Waals surface area (Å²) in [4.78, 5) is 21.9. The molecular weight excluding hydrogens is 268 g/mol. The smallest absolute Gasteiger partial charge is 0.269 e. The van der Waals surface area contributed by atoms with Crippen LogP contribution in [-0.2, 0) is 0 Å². The Labute approximate surface area is 116 Å². The highest BCUT2D eigenvalue weighted by Crippen LogP contribution is 2.29. The van der Waals surface area contributed by atoms with E-state index in [-0.39, 0.29) is 17.0 Å². The topological polar surface area (TPSA) is 72.2 Å². The molecule has 0 spiro atoms. The van der Waals surface area contributed by atoms with Crippen LogP contribution in [0.3, 0.4) is 0 Å². The van der Waals surface area contributed by atoms with Crippen LogP contribution in [-0.4, -0.2) is 22.8 Å². The SMILES string of the molecule is O=C(NCC1CCCC1Cl)c1ccc([N+](=O)[O-])cc1. The van der Waals surface area contributed by atoms with Gasteiger partial charge in [0.25, 0.3) is 11.6 Å². The Morgan fingerprint density at radius 2 is 2.05 bits per heavy atom. The van der Waals surface area contributed by atoms with E-state index >= 15 is 0 Å². The Hall–Kier alpha value is -1.62. The lowest BCUT2D eigenvalue weighted by molar-refractivity contribution is -0.384. The molecule has 0 saturated heterocycles. The second-order valence-corrected chi connectivity index (χ2v) is 5.28. The van der Waals surface area contributed by atoms with Crippen molar-refractivity contribution in [1.82, 2.24) is 5.32 Å². The molecule has 1 aromatic carbocycles. The molecule has 1 amide bonds. The van der Waals surface area contributed by atoms with Crippen LogP contribution in [0.25, 0.3) is 0 Å². The first-order chi connectivity index (χ1) is 9.08. The van der Waals surface area contributed by atoms with Crippen LogP contribution >= 0.6 is 11.6 Å². The summed E-state index contributed by atoms with van der Waals surface area (Å²) < 4.78 is 0. The van der Waals surface area contributed by atoms with Crippen LogP contribution in [0.2, 0.25) is 0 Å². The fourth-order valence-electron chi connectivity index (χ4n) is 2.28. The van der Waals surface area contributed by atoms with E-state index < -0.39 is 4.92 Å². The van der Waals surface area contributed by atoms with Crippen molar-refractivity contribution in [3.05, 3.63) is 39.9 Å². The third kappa shape index (κ3) is 3.44. The van der Waals surface area contributed by atoms with Gasteiger partial charge in [-0.2, -0.15) is 0 Å². The molecule has 102 valence electrons. The molecule has 1 saturated carbocycles. The standard InChI is InChI=1S/C13H15ClN2O3/c14-12-3-1-2-10(12)8-15-13(17)9-4-6-11(7-5-9)16(18)19/h4-7,10,12H,1-3,8H2,(H,15,17). The number of nitro benzene ring substituents is 1. The third-order valence-corrected chi connectivity index (χ3v) is 4.01. The van der Waals surface area contributed by atoms with E-state index in [0.29, 0.717) is 18.0 Å². The number of hydrogen-bond donors (Lipinski definition) is 1. The van der Waals surface area contributed by atoms with Gasteiger partial charge in [0.1, 0.15) is 0 Å². The van der Waals surface area contributed by atoms with Gasteiger partial charge in [-0.15, -0.1) is 11.6 Å². The molecule has 19 heavy (non-hydrogen) atoms. The molecule has 2 atom stereocenters. The van der Waals surface area contributed by atoms with Crippen LogP contribution in [0.15, 0.2) is 24.3 Å². The van der Waals surface area contributed by atoms with Gasteiger partial charge in [0, 0.05) is 29.6 Å². The van der Waals surface area contributed by atoms with Crippen molar-refractivity contribution in [2.75, 3.05) is 6.54 Å². The van der Waals surface area contributed by atoms with E-state index in [0.717, 1.165) is 19.3 Å².